The van der Waals surface area contributed by atoms with Crippen molar-refractivity contribution in [2.45, 2.75) is 51.4 Å². The van der Waals surface area contributed by atoms with Crippen LogP contribution in [0.5, 0.6) is 17.2 Å². The molecule has 9 nitrogen and oxygen atoms in total. The Morgan fingerprint density at radius 1 is 0.941 bits per heavy atom. The van der Waals surface area contributed by atoms with Gasteiger partial charge in [-0.3, -0.25) is 4.57 Å². The number of phosphoric ester groups is 1. The standard InChI is InChI=1S/C24H31O8P.H3N/c1-29-22-11-10-17(8-9-18-12-19(15-25)21(16-26)23(14-18)30-2)13-24(22)32-33(27,28)31-20-6-4-3-5-7-20;/h8-14,20,25-26H,3-7,15-16H2,1-2H3,(H,27,28);1H3/b9-8-;. The molecule has 1 aliphatic rings. The van der Waals surface area contributed by atoms with Crippen LogP contribution in [0.15, 0.2) is 30.3 Å². The Morgan fingerprint density at radius 2 is 1.59 bits per heavy atom. The summed E-state index contributed by atoms with van der Waals surface area (Å²) in [5.41, 5.74) is 2.49. The van der Waals surface area contributed by atoms with Gasteiger partial charge in [0.1, 0.15) is 5.75 Å². The van der Waals surface area contributed by atoms with Crippen LogP contribution in [-0.2, 0) is 22.3 Å². The van der Waals surface area contributed by atoms with Crippen LogP contribution in [0.3, 0.4) is 0 Å². The summed E-state index contributed by atoms with van der Waals surface area (Å²) >= 11 is 0. The lowest BCUT2D eigenvalue weighted by molar-refractivity contribution is -0.222. The molecule has 0 spiro atoms. The largest absolute Gasteiger partial charge is 0.746 e. The average molecular weight is 496 g/mol. The van der Waals surface area contributed by atoms with Gasteiger partial charge in [-0.15, -0.1) is 0 Å². The van der Waals surface area contributed by atoms with Gasteiger partial charge < -0.3 is 39.8 Å². The first-order valence-electron chi connectivity index (χ1n) is 10.9. The van der Waals surface area contributed by atoms with Crippen molar-refractivity contribution >= 4 is 20.0 Å². The topological polar surface area (TPSA) is 154 Å². The fourth-order valence-corrected chi connectivity index (χ4v) is 4.88. The lowest BCUT2D eigenvalue weighted by atomic mass is 9.98. The molecule has 1 fully saturated rings. The molecule has 188 valence electrons. The monoisotopic (exact) mass is 495 g/mol. The first-order valence-corrected chi connectivity index (χ1v) is 12.3. The molecule has 3 rings (SSSR count). The predicted octanol–water partition coefficient (Wildman–Crippen LogP) is 4.43. The molecule has 2 aromatic carbocycles. The van der Waals surface area contributed by atoms with Crippen LogP contribution >= 0.6 is 7.82 Å². The Bertz CT molecular complexity index is 995. The summed E-state index contributed by atoms with van der Waals surface area (Å²) in [6.45, 7) is -0.491. The maximum Gasteiger partial charge on any atom is 0.320 e. The molecule has 2 aromatic rings. The summed E-state index contributed by atoms with van der Waals surface area (Å²) in [6, 6.07) is 8.41. The number of phosphoric acid groups is 1. The number of rotatable bonds is 10. The average Bonchev–Trinajstić information content (AvgIpc) is 2.82. The van der Waals surface area contributed by atoms with Crippen molar-refractivity contribution < 1.29 is 38.2 Å². The van der Waals surface area contributed by atoms with Crippen LogP contribution in [0.4, 0.5) is 0 Å². The molecule has 0 heterocycles. The third-order valence-corrected chi connectivity index (χ3v) is 6.55. The fourth-order valence-electron chi connectivity index (χ4n) is 3.88. The molecule has 10 heteroatoms. The summed E-state index contributed by atoms with van der Waals surface area (Å²) in [5.74, 6) is 0.777. The Labute approximate surface area is 200 Å². The molecule has 0 radical (unpaired) electrons. The number of aliphatic hydroxyl groups is 2. The van der Waals surface area contributed by atoms with Crippen LogP contribution in [0, 0.1) is 0 Å². The van der Waals surface area contributed by atoms with Crippen molar-refractivity contribution in [3.63, 3.8) is 0 Å². The minimum atomic E-state index is -4.57. The normalized spacial score (nSPS) is 16.0. The van der Waals surface area contributed by atoms with E-state index in [1.165, 1.54) is 14.2 Å². The fraction of sp³-hybridized carbons (Fsp3) is 0.417. The molecule has 1 unspecified atom stereocenters. The van der Waals surface area contributed by atoms with E-state index in [9.17, 15) is 19.7 Å². The Balaban J connectivity index is 0.00000408. The van der Waals surface area contributed by atoms with E-state index in [0.717, 1.165) is 24.8 Å². The van der Waals surface area contributed by atoms with Gasteiger partial charge >= 0.3 is 7.82 Å². The summed E-state index contributed by atoms with van der Waals surface area (Å²) in [7, 11) is -1.65. The summed E-state index contributed by atoms with van der Waals surface area (Å²) < 4.78 is 33.6. The molecule has 1 aliphatic carbocycles. The summed E-state index contributed by atoms with van der Waals surface area (Å²) in [4.78, 5) is 12.5. The van der Waals surface area contributed by atoms with Crippen LogP contribution in [-0.4, -0.2) is 30.5 Å². The molecule has 0 aliphatic heterocycles. The predicted molar refractivity (Wildman–Crippen MR) is 129 cm³/mol. The second-order valence-electron chi connectivity index (χ2n) is 7.82. The maximum atomic E-state index is 12.5. The van der Waals surface area contributed by atoms with E-state index >= 15 is 0 Å². The number of benzene rings is 2. The van der Waals surface area contributed by atoms with Crippen molar-refractivity contribution in [1.29, 1.82) is 0 Å². The van der Waals surface area contributed by atoms with E-state index in [1.54, 1.807) is 42.5 Å². The van der Waals surface area contributed by atoms with Gasteiger partial charge in [-0.1, -0.05) is 37.5 Å². The number of aliphatic hydroxyl groups excluding tert-OH is 2. The van der Waals surface area contributed by atoms with Gasteiger partial charge in [0, 0.05) is 5.56 Å². The number of hydrogen-bond acceptors (Lipinski definition) is 8. The van der Waals surface area contributed by atoms with Gasteiger partial charge in [0.2, 0.25) is 0 Å². The van der Waals surface area contributed by atoms with Crippen molar-refractivity contribution in [2.24, 2.45) is 0 Å². The molecular weight excluding hydrogens is 461 g/mol. The van der Waals surface area contributed by atoms with Gasteiger partial charge in [0.25, 0.3) is 0 Å². The van der Waals surface area contributed by atoms with Crippen molar-refractivity contribution in [3.05, 3.63) is 52.6 Å². The van der Waals surface area contributed by atoms with Gasteiger partial charge in [0.05, 0.1) is 33.5 Å². The smallest absolute Gasteiger partial charge is 0.320 e. The highest BCUT2D eigenvalue weighted by Gasteiger charge is 2.23. The van der Waals surface area contributed by atoms with Gasteiger partial charge in [-0.05, 0) is 53.8 Å². The van der Waals surface area contributed by atoms with Crippen LogP contribution < -0.4 is 25.0 Å². The van der Waals surface area contributed by atoms with Gasteiger partial charge in [-0.2, -0.15) is 0 Å². The maximum absolute atomic E-state index is 12.5. The van der Waals surface area contributed by atoms with Gasteiger partial charge in [0.15, 0.2) is 11.5 Å². The summed E-state index contributed by atoms with van der Waals surface area (Å²) in [5, 5.41) is 19.2. The number of quaternary nitrogens is 1. The Kier molecular flexibility index (Phi) is 10.6. The zero-order valence-corrected chi connectivity index (χ0v) is 20.8. The van der Waals surface area contributed by atoms with E-state index in [0.29, 0.717) is 35.3 Å². The molecule has 34 heavy (non-hydrogen) atoms. The van der Waals surface area contributed by atoms with E-state index in [1.807, 2.05) is 0 Å². The first kappa shape index (κ1) is 27.9. The SMILES string of the molecule is COc1ccc(/C=C\c2cc(CO)c(CO)c(OC)c2)cc1OP(=O)([O-])OC1CCCCC1.[NH4+]. The van der Waals surface area contributed by atoms with Crippen molar-refractivity contribution in [3.8, 4) is 17.2 Å². The highest BCUT2D eigenvalue weighted by atomic mass is 31.2. The number of ether oxygens (including phenoxy) is 2. The zero-order chi connectivity index (χ0) is 23.8. The van der Waals surface area contributed by atoms with Crippen molar-refractivity contribution in [2.75, 3.05) is 14.2 Å². The highest BCUT2D eigenvalue weighted by Crippen LogP contribution is 2.46. The van der Waals surface area contributed by atoms with Gasteiger partial charge in [-0.25, -0.2) is 0 Å². The minimum absolute atomic E-state index is 0. The highest BCUT2D eigenvalue weighted by molar-refractivity contribution is 7.46. The van der Waals surface area contributed by atoms with E-state index in [2.05, 4.69) is 0 Å². The van der Waals surface area contributed by atoms with Crippen LogP contribution in [0.25, 0.3) is 12.2 Å². The van der Waals surface area contributed by atoms with E-state index < -0.39 is 7.82 Å². The second kappa shape index (κ2) is 12.9. The molecule has 0 bridgehead atoms. The minimum Gasteiger partial charge on any atom is -0.746 e. The Hall–Kier alpha value is -2.39. The summed E-state index contributed by atoms with van der Waals surface area (Å²) in [6.07, 6.45) is 7.55. The number of methoxy groups -OCH3 is 2. The third kappa shape index (κ3) is 7.30. The molecule has 0 amide bonds. The molecule has 6 N–H and O–H groups in total. The number of hydrogen-bond donors (Lipinski definition) is 3. The Morgan fingerprint density at radius 3 is 2.21 bits per heavy atom. The molecule has 1 atom stereocenters. The molecule has 0 saturated heterocycles. The quantitative estimate of drug-likeness (QED) is 0.323. The first-order chi connectivity index (χ1) is 15.9. The molecular formula is C24H34NO8P. The molecule has 0 aromatic heterocycles. The molecule has 1 saturated carbocycles. The zero-order valence-electron chi connectivity index (χ0n) is 19.9. The van der Waals surface area contributed by atoms with Crippen LogP contribution in [0.1, 0.15) is 54.4 Å². The van der Waals surface area contributed by atoms with Crippen molar-refractivity contribution in [1.82, 2.24) is 6.15 Å². The lowest BCUT2D eigenvalue weighted by Crippen LogP contribution is -2.21. The van der Waals surface area contributed by atoms with E-state index in [-0.39, 0.29) is 37.0 Å². The lowest BCUT2D eigenvalue weighted by Gasteiger charge is -2.30. The van der Waals surface area contributed by atoms with Crippen LogP contribution in [0.2, 0.25) is 0 Å². The third-order valence-electron chi connectivity index (χ3n) is 5.57. The van der Waals surface area contributed by atoms with E-state index in [4.69, 9.17) is 18.5 Å². The second-order valence-corrected chi connectivity index (χ2v) is 9.11.